The van der Waals surface area contributed by atoms with E-state index in [1.807, 2.05) is 48.5 Å². The number of methoxy groups -OCH3 is 2. The second-order valence-corrected chi connectivity index (χ2v) is 19.5. The Morgan fingerprint density at radius 1 is 0.688 bits per heavy atom. The van der Waals surface area contributed by atoms with Crippen molar-refractivity contribution in [3.63, 3.8) is 0 Å². The van der Waals surface area contributed by atoms with E-state index < -0.39 is 29.6 Å². The van der Waals surface area contributed by atoms with E-state index in [0.29, 0.717) is 76.3 Å². The average Bonchev–Trinajstić information content (AvgIpc) is 4.24. The number of fused-ring (bicyclic) bond motifs is 3. The summed E-state index contributed by atoms with van der Waals surface area (Å²) in [6.45, 7) is 10.5. The largest absolute Gasteiger partial charge is 0.466 e. The topological polar surface area (TPSA) is 301 Å². The number of carbonyl (C=O) groups excluding carboxylic acids is 6. The zero-order chi connectivity index (χ0) is 55.4. The number of aromatic nitrogens is 9. The van der Waals surface area contributed by atoms with Crippen molar-refractivity contribution in [2.45, 2.75) is 64.9 Å². The minimum absolute atomic E-state index is 0.0227. The fourth-order valence-corrected chi connectivity index (χ4v) is 8.67. The predicted molar refractivity (Wildman–Crippen MR) is 291 cm³/mol. The van der Waals surface area contributed by atoms with Gasteiger partial charge in [-0.25, -0.2) is 49.1 Å². The first-order valence-corrected chi connectivity index (χ1v) is 25.6. The van der Waals surface area contributed by atoms with Gasteiger partial charge in [-0.2, -0.15) is 0 Å². The van der Waals surface area contributed by atoms with Crippen molar-refractivity contribution < 1.29 is 52.5 Å². The molecule has 5 N–H and O–H groups in total. The van der Waals surface area contributed by atoms with Crippen LogP contribution in [0.4, 0.5) is 21.9 Å². The van der Waals surface area contributed by atoms with Crippen molar-refractivity contribution in [2.75, 3.05) is 56.1 Å². The number of nitrogens with one attached hydrogen (secondary N) is 5. The number of amides is 2. The number of rotatable bonds is 14. The van der Waals surface area contributed by atoms with Gasteiger partial charge in [-0.3, -0.25) is 14.9 Å². The Balaban J connectivity index is 0.000000170. The first-order chi connectivity index (χ1) is 37.0. The van der Waals surface area contributed by atoms with Crippen LogP contribution in [-0.2, 0) is 33.3 Å². The predicted octanol–water partition coefficient (Wildman–Crippen LogP) is 9.17. The first kappa shape index (κ1) is 56.4. The highest BCUT2D eigenvalue weighted by atomic mass is 79.9. The number of esters is 4. The van der Waals surface area contributed by atoms with Crippen LogP contribution in [-0.4, -0.2) is 127 Å². The number of halogens is 2. The van der Waals surface area contributed by atoms with Gasteiger partial charge >= 0.3 is 30.0 Å². The van der Waals surface area contributed by atoms with Crippen molar-refractivity contribution in [1.82, 2.24) is 44.9 Å². The van der Waals surface area contributed by atoms with Crippen molar-refractivity contribution in [1.29, 1.82) is 0 Å². The quantitative estimate of drug-likeness (QED) is 0.0500. The minimum Gasteiger partial charge on any atom is -0.466 e. The van der Waals surface area contributed by atoms with E-state index in [-0.39, 0.29) is 47.4 Å². The van der Waals surface area contributed by atoms with Gasteiger partial charge in [0.2, 0.25) is 5.91 Å². The van der Waals surface area contributed by atoms with E-state index in [0.717, 1.165) is 26.5 Å². The Morgan fingerprint density at radius 3 is 1.75 bits per heavy atom. The van der Waals surface area contributed by atoms with Gasteiger partial charge in [0.05, 0.1) is 56.3 Å². The Bertz CT molecular complexity index is 3410. The fourth-order valence-electron chi connectivity index (χ4n) is 8.14. The third-order valence-corrected chi connectivity index (χ3v) is 12.6. The second kappa shape index (κ2) is 25.5. The van der Waals surface area contributed by atoms with Gasteiger partial charge in [-0.1, -0.05) is 56.1 Å². The van der Waals surface area contributed by atoms with Crippen LogP contribution in [0.25, 0.3) is 33.1 Å². The zero-order valence-electron chi connectivity index (χ0n) is 42.9. The molecule has 23 nitrogen and oxygen atoms in total. The second-order valence-electron chi connectivity index (χ2n) is 17.7. The highest BCUT2D eigenvalue weighted by molar-refractivity contribution is 9.10. The lowest BCUT2D eigenvalue weighted by Gasteiger charge is -2.19. The minimum atomic E-state index is -0.610. The van der Waals surface area contributed by atoms with Crippen LogP contribution >= 0.6 is 31.9 Å². The van der Waals surface area contributed by atoms with Crippen molar-refractivity contribution in [2.24, 2.45) is 0 Å². The molecule has 77 heavy (non-hydrogen) atoms. The molecule has 1 fully saturated rings. The number of benzene rings is 2. The van der Waals surface area contributed by atoms with Crippen LogP contribution in [0, 0.1) is 0 Å². The smallest absolute Gasteiger partial charge is 0.412 e. The third-order valence-electron chi connectivity index (χ3n) is 11.6. The molecule has 0 radical (unpaired) electrons. The number of aromatic amines is 3. The molecule has 0 aliphatic carbocycles. The summed E-state index contributed by atoms with van der Waals surface area (Å²) in [5.41, 5.74) is 6.36. The average molecular weight is 1180 g/mol. The lowest BCUT2D eigenvalue weighted by Crippen LogP contribution is -2.27. The molecule has 8 aromatic rings. The summed E-state index contributed by atoms with van der Waals surface area (Å²) in [6.07, 6.45) is 9.43. The van der Waals surface area contributed by atoms with Gasteiger partial charge in [-0.05, 0) is 82.9 Å². The zero-order valence-corrected chi connectivity index (χ0v) is 46.0. The van der Waals surface area contributed by atoms with Crippen molar-refractivity contribution in [3.8, 4) is 0 Å². The molecule has 9 rings (SSSR count). The summed E-state index contributed by atoms with van der Waals surface area (Å²) < 4.78 is 26.8. The Kier molecular flexibility index (Phi) is 18.7. The summed E-state index contributed by atoms with van der Waals surface area (Å²) >= 11 is 6.83. The standard InChI is InChI=1S/C20H21BrN4O4.C19H17BrN4O3.C13H16N4O4/c1-3-29-19(26)14(12-4-6-13(21)7-5-12)8-9-22-15-10-23-17-16(15)24-11-25-18(17)20(27)28-2;1-2-27-19(26)17-16-15(22-10-23-17)14(9-21-16)24-8-7-13(18(24)25)11-3-5-12(20)6-4-11;1-13(2,3)21-12(19)17-7-5-14-9-8(7)15-6-16-10(9)11(18)20-4/h4-7,10-11,14,22-23H,3,8-9H2,1-2H3;3-6,9-10,13,21H,2,7-8H2,1H3;5-6,14H,1-4H3,(H,17,19). The van der Waals surface area contributed by atoms with Gasteiger partial charge in [0.1, 0.15) is 57.7 Å². The van der Waals surface area contributed by atoms with Gasteiger partial charge in [0.15, 0.2) is 17.1 Å². The molecule has 7 heterocycles. The van der Waals surface area contributed by atoms with E-state index >= 15 is 0 Å². The normalized spacial score (nSPS) is 13.4. The van der Waals surface area contributed by atoms with E-state index in [9.17, 15) is 28.8 Å². The van der Waals surface area contributed by atoms with Crippen LogP contribution in [0.2, 0.25) is 0 Å². The Hall–Kier alpha value is -8.32. The summed E-state index contributed by atoms with van der Waals surface area (Å²) in [5.74, 6) is -2.45. The third kappa shape index (κ3) is 13.6. The van der Waals surface area contributed by atoms with E-state index in [2.05, 4.69) is 92.1 Å². The monoisotopic (exact) mass is 1180 g/mol. The lowest BCUT2D eigenvalue weighted by molar-refractivity contribution is -0.145. The molecule has 2 atom stereocenters. The number of carbonyl (C=O) groups is 6. The highest BCUT2D eigenvalue weighted by Gasteiger charge is 2.36. The SMILES string of the molecule is CCOC(=O)C(CCNc1c[nH]c2c(C(=O)OC)ncnc12)c1ccc(Br)cc1.CCOC(=O)c1ncnc2c(N3CCC(c4ccc(Br)cc4)C3=O)c[nH]c12.COC(=O)c1ncnc2c(NC(=O)OC(C)(C)C)c[nH]c12. The van der Waals surface area contributed by atoms with Crippen molar-refractivity contribution in [3.05, 3.63) is 123 Å². The maximum atomic E-state index is 13.0. The van der Waals surface area contributed by atoms with E-state index in [4.69, 9.17) is 18.9 Å². The van der Waals surface area contributed by atoms with Crippen LogP contribution in [0.5, 0.6) is 0 Å². The molecule has 0 spiro atoms. The molecular formula is C52H54Br2N12O11. The number of H-pyrrole nitrogens is 3. The molecule has 2 amide bonds. The van der Waals surface area contributed by atoms with Crippen molar-refractivity contribution >= 4 is 118 Å². The summed E-state index contributed by atoms with van der Waals surface area (Å²) in [4.78, 5) is 108. The molecule has 1 aliphatic rings. The highest BCUT2D eigenvalue weighted by Crippen LogP contribution is 2.36. The lowest BCUT2D eigenvalue weighted by atomic mass is 9.96. The van der Waals surface area contributed by atoms with Crippen LogP contribution in [0.1, 0.15) is 102 Å². The van der Waals surface area contributed by atoms with Crippen LogP contribution < -0.4 is 15.5 Å². The number of ether oxygens (including phenoxy) is 5. The fraction of sp³-hybridized carbons (Fsp3) is 0.308. The molecule has 402 valence electrons. The molecule has 1 aliphatic heterocycles. The van der Waals surface area contributed by atoms with Gasteiger partial charge < -0.3 is 48.9 Å². The number of anilines is 3. The molecule has 0 saturated carbocycles. The molecule has 1 saturated heterocycles. The summed E-state index contributed by atoms with van der Waals surface area (Å²) in [5, 5.41) is 5.84. The molecule has 6 aromatic heterocycles. The maximum absolute atomic E-state index is 13.0. The number of hydrogen-bond acceptors (Lipinski definition) is 18. The number of hydrogen-bond donors (Lipinski definition) is 5. The summed E-state index contributed by atoms with van der Waals surface area (Å²) in [6, 6.07) is 15.4. The van der Waals surface area contributed by atoms with Gasteiger partial charge in [0.25, 0.3) is 0 Å². The van der Waals surface area contributed by atoms with Crippen LogP contribution in [0.3, 0.4) is 0 Å². The van der Waals surface area contributed by atoms with E-state index in [1.165, 1.54) is 39.4 Å². The molecule has 25 heteroatoms. The van der Waals surface area contributed by atoms with E-state index in [1.54, 1.807) is 51.9 Å². The first-order valence-electron chi connectivity index (χ1n) is 24.0. The van der Waals surface area contributed by atoms with Gasteiger partial charge in [0, 0.05) is 40.6 Å². The molecule has 2 unspecified atom stereocenters. The molecular weight excluding hydrogens is 1130 g/mol. The van der Waals surface area contributed by atoms with Crippen LogP contribution in [0.15, 0.2) is 95.0 Å². The Morgan fingerprint density at radius 2 is 1.19 bits per heavy atom. The molecule has 2 aromatic carbocycles. The maximum Gasteiger partial charge on any atom is 0.412 e. The van der Waals surface area contributed by atoms with Gasteiger partial charge in [-0.15, -0.1) is 0 Å². The summed E-state index contributed by atoms with van der Waals surface area (Å²) in [7, 11) is 2.56. The Labute approximate surface area is 457 Å². The number of nitrogens with zero attached hydrogens (tertiary/aromatic N) is 7. The molecule has 0 bridgehead atoms.